The summed E-state index contributed by atoms with van der Waals surface area (Å²) in [6.45, 7) is 0. The molecule has 0 spiro atoms. The lowest BCUT2D eigenvalue weighted by atomic mass is 9.81. The molecule has 1 fully saturated rings. The first-order valence-corrected chi connectivity index (χ1v) is 11.6. The summed E-state index contributed by atoms with van der Waals surface area (Å²) in [7, 11) is 4.78. The zero-order chi connectivity index (χ0) is 24.4. The molecule has 1 saturated heterocycles. The number of ether oxygens (including phenoxy) is 1. The number of nitrogens with zero attached hydrogens (tertiary/aromatic N) is 6. The number of hydrogen-bond donors (Lipinski definition) is 0. The second-order valence-electron chi connectivity index (χ2n) is 9.17. The number of carbonyl (C=O) groups is 1. The molecule has 2 aliphatic heterocycles. The third-order valence-electron chi connectivity index (χ3n) is 7.19. The van der Waals surface area contributed by atoms with E-state index in [1.807, 2.05) is 11.0 Å². The Morgan fingerprint density at radius 1 is 1.11 bits per heavy atom. The van der Waals surface area contributed by atoms with E-state index < -0.39 is 17.4 Å². The number of fused-ring (bicyclic) bond motifs is 5. The van der Waals surface area contributed by atoms with E-state index in [1.54, 1.807) is 35.7 Å². The molecule has 0 N–H and O–H groups in total. The molecule has 3 aromatic heterocycles. The van der Waals surface area contributed by atoms with Crippen LogP contribution in [-0.2, 0) is 20.5 Å². The van der Waals surface area contributed by atoms with Gasteiger partial charge in [-0.2, -0.15) is 10.2 Å². The maximum Gasteiger partial charge on any atom is 0.275 e. The van der Waals surface area contributed by atoms with Crippen LogP contribution in [0.15, 0.2) is 30.5 Å². The Morgan fingerprint density at radius 2 is 1.89 bits per heavy atom. The number of carbonyl (C=O) groups excluding carboxylic acids is 1. The molecule has 10 heteroatoms. The summed E-state index contributed by atoms with van der Waals surface area (Å²) < 4.78 is 37.2. The van der Waals surface area contributed by atoms with Gasteiger partial charge in [0.1, 0.15) is 0 Å². The Hall–Kier alpha value is -3.82. The lowest BCUT2D eigenvalue weighted by molar-refractivity contribution is 0.0387. The van der Waals surface area contributed by atoms with Crippen LogP contribution in [0, 0.1) is 11.6 Å². The third kappa shape index (κ3) is 3.15. The van der Waals surface area contributed by atoms with Gasteiger partial charge >= 0.3 is 0 Å². The van der Waals surface area contributed by atoms with Crippen molar-refractivity contribution in [3.63, 3.8) is 0 Å². The first-order chi connectivity index (χ1) is 16.9. The minimum Gasteiger partial charge on any atom is -0.491 e. The highest BCUT2D eigenvalue weighted by molar-refractivity contribution is 6.04. The average Bonchev–Trinajstić information content (AvgIpc) is 3.34. The van der Waals surface area contributed by atoms with Crippen molar-refractivity contribution >= 4 is 16.9 Å². The van der Waals surface area contributed by atoms with Gasteiger partial charge in [-0.3, -0.25) is 9.48 Å². The zero-order valence-electron chi connectivity index (χ0n) is 19.6. The van der Waals surface area contributed by atoms with E-state index in [-0.39, 0.29) is 18.0 Å². The Balaban J connectivity index is 1.45. The molecule has 2 atom stereocenters. The minimum absolute atomic E-state index is 0.0571. The number of halogens is 2. The number of rotatable bonds is 3. The highest BCUT2D eigenvalue weighted by atomic mass is 19.1. The summed E-state index contributed by atoms with van der Waals surface area (Å²) in [5.41, 5.74) is 3.81. The highest BCUT2D eigenvalue weighted by Crippen LogP contribution is 2.45. The van der Waals surface area contributed by atoms with Crippen molar-refractivity contribution < 1.29 is 18.3 Å². The molecular formula is C25H24F2N6O2. The van der Waals surface area contributed by atoms with Crippen molar-refractivity contribution in [2.45, 2.75) is 37.8 Å². The first kappa shape index (κ1) is 21.7. The largest absolute Gasteiger partial charge is 0.491 e. The molecule has 2 aliphatic rings. The fourth-order valence-corrected chi connectivity index (χ4v) is 5.77. The van der Waals surface area contributed by atoms with E-state index in [4.69, 9.17) is 9.84 Å². The van der Waals surface area contributed by atoms with Crippen molar-refractivity contribution in [1.29, 1.82) is 0 Å². The Bertz CT molecular complexity index is 1470. The van der Waals surface area contributed by atoms with E-state index in [9.17, 15) is 13.6 Å². The van der Waals surface area contributed by atoms with Crippen molar-refractivity contribution in [2.75, 3.05) is 7.11 Å². The van der Waals surface area contributed by atoms with Crippen LogP contribution in [0.25, 0.3) is 22.3 Å². The van der Waals surface area contributed by atoms with Crippen molar-refractivity contribution in [3.05, 3.63) is 59.0 Å². The molecule has 0 aliphatic carbocycles. The summed E-state index contributed by atoms with van der Waals surface area (Å²) in [4.78, 5) is 20.1. The van der Waals surface area contributed by atoms with E-state index in [0.717, 1.165) is 35.9 Å². The quantitative estimate of drug-likeness (QED) is 0.446. The predicted molar refractivity (Wildman–Crippen MR) is 124 cm³/mol. The smallest absolute Gasteiger partial charge is 0.275 e. The molecule has 2 unspecified atom stereocenters. The molecular weight excluding hydrogens is 454 g/mol. The lowest BCUT2D eigenvalue weighted by Gasteiger charge is -2.45. The SMILES string of the molecule is COc1c(F)cc(-c2c3c(nn2C)C2CCCC(C3)N2C(=O)c2nn(C)c3ncccc23)cc1F. The van der Waals surface area contributed by atoms with Crippen molar-refractivity contribution in [3.8, 4) is 17.0 Å². The number of benzene rings is 1. The molecule has 8 nitrogen and oxygen atoms in total. The van der Waals surface area contributed by atoms with Crippen molar-refractivity contribution in [2.24, 2.45) is 14.1 Å². The summed E-state index contributed by atoms with van der Waals surface area (Å²) in [6.07, 6.45) is 4.81. The number of hydrogen-bond acceptors (Lipinski definition) is 5. The van der Waals surface area contributed by atoms with Crippen LogP contribution >= 0.6 is 0 Å². The van der Waals surface area contributed by atoms with Gasteiger partial charge in [0.2, 0.25) is 0 Å². The van der Waals surface area contributed by atoms with Gasteiger partial charge in [-0.25, -0.2) is 18.4 Å². The number of pyridine rings is 1. The maximum atomic E-state index is 14.5. The van der Waals surface area contributed by atoms with Gasteiger partial charge in [0.05, 0.1) is 29.9 Å². The van der Waals surface area contributed by atoms with Crippen LogP contribution in [0.5, 0.6) is 5.75 Å². The summed E-state index contributed by atoms with van der Waals surface area (Å²) in [5, 5.41) is 9.97. The monoisotopic (exact) mass is 478 g/mol. The molecule has 1 aromatic carbocycles. The maximum absolute atomic E-state index is 14.5. The Labute approximate surface area is 200 Å². The average molecular weight is 479 g/mol. The molecule has 1 amide bonds. The molecule has 0 radical (unpaired) electrons. The molecule has 4 aromatic rings. The summed E-state index contributed by atoms with van der Waals surface area (Å²) in [6, 6.07) is 5.93. The number of methoxy groups -OCH3 is 1. The Morgan fingerprint density at radius 3 is 2.63 bits per heavy atom. The fourth-order valence-electron chi connectivity index (χ4n) is 5.77. The summed E-state index contributed by atoms with van der Waals surface area (Å²) in [5.74, 6) is -2.07. The van der Waals surface area contributed by atoms with E-state index in [2.05, 4.69) is 10.1 Å². The molecule has 6 rings (SSSR count). The topological polar surface area (TPSA) is 78.1 Å². The van der Waals surface area contributed by atoms with Crippen LogP contribution in [0.1, 0.15) is 47.1 Å². The standard InChI is InChI=1S/C25H24F2N6O2/c1-31-22(13-10-17(26)23(35-3)18(27)11-13)16-12-14-6-4-8-19(20(16)29-31)33(14)25(34)21-15-7-5-9-28-24(15)32(2)30-21/h5,7,9-11,14,19H,4,6,8,12H2,1-3H3. The molecule has 35 heavy (non-hydrogen) atoms. The van der Waals surface area contributed by atoms with Crippen LogP contribution in [0.2, 0.25) is 0 Å². The normalized spacial score (nSPS) is 19.2. The molecule has 180 valence electrons. The second kappa shape index (κ2) is 7.86. The number of piperidine rings is 1. The number of aromatic nitrogens is 5. The molecule has 0 saturated carbocycles. The molecule has 5 heterocycles. The Kier molecular flexibility index (Phi) is 4.87. The zero-order valence-corrected chi connectivity index (χ0v) is 19.6. The molecule has 2 bridgehead atoms. The second-order valence-corrected chi connectivity index (χ2v) is 9.17. The van der Waals surface area contributed by atoms with Crippen LogP contribution in [-0.4, -0.2) is 48.5 Å². The van der Waals surface area contributed by atoms with Gasteiger partial charge < -0.3 is 9.64 Å². The lowest BCUT2D eigenvalue weighted by Crippen LogP contribution is -2.50. The van der Waals surface area contributed by atoms with Crippen LogP contribution < -0.4 is 4.74 Å². The minimum atomic E-state index is -0.763. The predicted octanol–water partition coefficient (Wildman–Crippen LogP) is 3.95. The van der Waals surface area contributed by atoms with E-state index in [0.29, 0.717) is 29.0 Å². The van der Waals surface area contributed by atoms with E-state index >= 15 is 0 Å². The van der Waals surface area contributed by atoms with Gasteiger partial charge in [0.15, 0.2) is 28.7 Å². The van der Waals surface area contributed by atoms with Gasteiger partial charge in [0, 0.05) is 37.5 Å². The van der Waals surface area contributed by atoms with Crippen LogP contribution in [0.3, 0.4) is 0 Å². The van der Waals surface area contributed by atoms with Gasteiger partial charge in [-0.1, -0.05) is 0 Å². The third-order valence-corrected chi connectivity index (χ3v) is 7.19. The number of aryl methyl sites for hydroxylation is 2. The van der Waals surface area contributed by atoms with Gasteiger partial charge in [-0.15, -0.1) is 0 Å². The van der Waals surface area contributed by atoms with E-state index in [1.165, 1.54) is 19.2 Å². The first-order valence-electron chi connectivity index (χ1n) is 11.6. The number of amides is 1. The fraction of sp³-hybridized carbons (Fsp3) is 0.360. The summed E-state index contributed by atoms with van der Waals surface area (Å²) >= 11 is 0. The van der Waals surface area contributed by atoms with Gasteiger partial charge in [0.25, 0.3) is 5.91 Å². The van der Waals surface area contributed by atoms with Gasteiger partial charge in [-0.05, 0) is 49.9 Å². The van der Waals surface area contributed by atoms with Crippen molar-refractivity contribution in [1.82, 2.24) is 29.4 Å². The van der Waals surface area contributed by atoms with Crippen LogP contribution in [0.4, 0.5) is 8.78 Å². The highest BCUT2D eigenvalue weighted by Gasteiger charge is 2.44.